The van der Waals surface area contributed by atoms with Gasteiger partial charge in [0, 0.05) is 0 Å². The third kappa shape index (κ3) is 3.21. The molecule has 0 radical (unpaired) electrons. The Kier molecular flexibility index (Phi) is 4.26. The summed E-state index contributed by atoms with van der Waals surface area (Å²) in [5.41, 5.74) is 0.743. The summed E-state index contributed by atoms with van der Waals surface area (Å²) in [5, 5.41) is 11.8. The number of anilines is 1. The first kappa shape index (κ1) is 15.0. The van der Waals surface area contributed by atoms with Gasteiger partial charge in [-0.25, -0.2) is 0 Å². The Bertz CT molecular complexity index is 583. The first-order chi connectivity index (χ1) is 9.90. The van der Waals surface area contributed by atoms with Gasteiger partial charge < -0.3 is 15.3 Å². The molecule has 1 heterocycles. The second-order valence-corrected chi connectivity index (χ2v) is 5.51. The summed E-state index contributed by atoms with van der Waals surface area (Å²) in [6.07, 6.45) is 0.416. The molecule has 0 aliphatic carbocycles. The van der Waals surface area contributed by atoms with Crippen molar-refractivity contribution in [1.29, 1.82) is 0 Å². The molecule has 2 rings (SSSR count). The van der Waals surface area contributed by atoms with Gasteiger partial charge in [-0.3, -0.25) is 14.4 Å². The van der Waals surface area contributed by atoms with Gasteiger partial charge in [-0.2, -0.15) is 0 Å². The molecule has 6 heteroatoms. The SMILES string of the molecule is CC(C)C[C@H]1C(=O)Nc2ccccc2C(=O)N1CC(=O)O. The number of carboxylic acid groups (broad SMARTS) is 1. The number of amides is 2. The Balaban J connectivity index is 2.45. The van der Waals surface area contributed by atoms with Crippen LogP contribution in [0.2, 0.25) is 0 Å². The monoisotopic (exact) mass is 290 g/mol. The fourth-order valence-electron chi connectivity index (χ4n) is 2.44. The number of para-hydroxylation sites is 1. The highest BCUT2D eigenvalue weighted by molar-refractivity contribution is 6.10. The molecule has 0 bridgehead atoms. The van der Waals surface area contributed by atoms with Gasteiger partial charge in [0.05, 0.1) is 11.3 Å². The number of hydrogen-bond donors (Lipinski definition) is 2. The average molecular weight is 290 g/mol. The van der Waals surface area contributed by atoms with Gasteiger partial charge in [0.1, 0.15) is 12.6 Å². The number of aliphatic carboxylic acids is 1. The molecule has 0 aromatic heterocycles. The van der Waals surface area contributed by atoms with Gasteiger partial charge >= 0.3 is 5.97 Å². The molecule has 1 aromatic carbocycles. The van der Waals surface area contributed by atoms with Crippen molar-refractivity contribution in [3.63, 3.8) is 0 Å². The van der Waals surface area contributed by atoms with Crippen LogP contribution in [0.4, 0.5) is 5.69 Å². The first-order valence-corrected chi connectivity index (χ1v) is 6.82. The lowest BCUT2D eigenvalue weighted by Crippen LogP contribution is -2.48. The molecular formula is C15H18N2O4. The minimum Gasteiger partial charge on any atom is -0.480 e. The maximum Gasteiger partial charge on any atom is 0.323 e. The molecule has 1 aliphatic rings. The number of carbonyl (C=O) groups excluding carboxylic acids is 2. The fraction of sp³-hybridized carbons (Fsp3) is 0.400. The lowest BCUT2D eigenvalue weighted by molar-refractivity contribution is -0.138. The highest BCUT2D eigenvalue weighted by Gasteiger charge is 2.36. The largest absolute Gasteiger partial charge is 0.480 e. The van der Waals surface area contributed by atoms with Crippen LogP contribution in [0.5, 0.6) is 0 Å². The van der Waals surface area contributed by atoms with Gasteiger partial charge in [0.15, 0.2) is 0 Å². The van der Waals surface area contributed by atoms with Crippen LogP contribution in [-0.2, 0) is 9.59 Å². The van der Waals surface area contributed by atoms with E-state index in [0.717, 1.165) is 4.90 Å². The molecule has 0 spiro atoms. The lowest BCUT2D eigenvalue weighted by Gasteiger charge is -2.28. The van der Waals surface area contributed by atoms with Gasteiger partial charge in [0.2, 0.25) is 5.91 Å². The van der Waals surface area contributed by atoms with E-state index in [0.29, 0.717) is 17.7 Å². The minimum absolute atomic E-state index is 0.158. The molecule has 2 N–H and O–H groups in total. The minimum atomic E-state index is -1.13. The van der Waals surface area contributed by atoms with E-state index in [1.807, 2.05) is 13.8 Å². The Labute approximate surface area is 122 Å². The number of fused-ring (bicyclic) bond motifs is 1. The zero-order chi connectivity index (χ0) is 15.6. The number of nitrogens with zero attached hydrogens (tertiary/aromatic N) is 1. The maximum absolute atomic E-state index is 12.6. The van der Waals surface area contributed by atoms with Crippen LogP contribution in [0.1, 0.15) is 30.6 Å². The van der Waals surface area contributed by atoms with Crippen molar-refractivity contribution in [2.45, 2.75) is 26.3 Å². The van der Waals surface area contributed by atoms with E-state index in [1.165, 1.54) is 0 Å². The third-order valence-corrected chi connectivity index (χ3v) is 3.36. The van der Waals surface area contributed by atoms with Gasteiger partial charge in [0.25, 0.3) is 5.91 Å². The number of rotatable bonds is 4. The standard InChI is InChI=1S/C15H18N2O4/c1-9(2)7-12-14(20)16-11-6-4-3-5-10(11)15(21)17(12)8-13(18)19/h3-6,9,12H,7-8H2,1-2H3,(H,16,20)(H,18,19)/t12-/m0/s1. The summed E-state index contributed by atoms with van der Waals surface area (Å²) in [5.74, 6) is -1.75. The van der Waals surface area contributed by atoms with Crippen LogP contribution in [0.25, 0.3) is 0 Å². The summed E-state index contributed by atoms with van der Waals surface area (Å²) in [4.78, 5) is 37.1. The molecule has 1 aliphatic heterocycles. The van der Waals surface area contributed by atoms with E-state index < -0.39 is 24.5 Å². The normalized spacial score (nSPS) is 18.2. The fourth-order valence-corrected chi connectivity index (χ4v) is 2.44. The predicted molar refractivity (Wildman–Crippen MR) is 77.0 cm³/mol. The second kappa shape index (κ2) is 5.95. The van der Waals surface area contributed by atoms with Crippen LogP contribution >= 0.6 is 0 Å². The summed E-state index contributed by atoms with van der Waals surface area (Å²) in [7, 11) is 0. The van der Waals surface area contributed by atoms with Crippen molar-refractivity contribution in [3.8, 4) is 0 Å². The Hall–Kier alpha value is -2.37. The zero-order valence-corrected chi connectivity index (χ0v) is 12.0. The molecule has 2 amide bonds. The maximum atomic E-state index is 12.6. The molecule has 6 nitrogen and oxygen atoms in total. The Morgan fingerprint density at radius 1 is 1.33 bits per heavy atom. The smallest absolute Gasteiger partial charge is 0.323 e. The Morgan fingerprint density at radius 3 is 2.62 bits per heavy atom. The molecular weight excluding hydrogens is 272 g/mol. The predicted octanol–water partition coefficient (Wildman–Crippen LogP) is 1.58. The van der Waals surface area contributed by atoms with Crippen LogP contribution in [-0.4, -0.2) is 40.4 Å². The van der Waals surface area contributed by atoms with E-state index in [-0.39, 0.29) is 11.8 Å². The molecule has 0 saturated heterocycles. The summed E-state index contributed by atoms with van der Waals surface area (Å²) in [6, 6.07) is 5.86. The first-order valence-electron chi connectivity index (χ1n) is 6.82. The molecule has 0 unspecified atom stereocenters. The highest BCUT2D eigenvalue weighted by Crippen LogP contribution is 2.25. The summed E-state index contributed by atoms with van der Waals surface area (Å²) >= 11 is 0. The summed E-state index contributed by atoms with van der Waals surface area (Å²) in [6.45, 7) is 3.36. The molecule has 1 aromatic rings. The van der Waals surface area contributed by atoms with E-state index in [1.54, 1.807) is 24.3 Å². The van der Waals surface area contributed by atoms with Crippen molar-refractivity contribution in [2.24, 2.45) is 5.92 Å². The third-order valence-electron chi connectivity index (χ3n) is 3.36. The highest BCUT2D eigenvalue weighted by atomic mass is 16.4. The molecule has 21 heavy (non-hydrogen) atoms. The van der Waals surface area contributed by atoms with Crippen molar-refractivity contribution < 1.29 is 19.5 Å². The van der Waals surface area contributed by atoms with Crippen molar-refractivity contribution in [2.75, 3.05) is 11.9 Å². The van der Waals surface area contributed by atoms with Gasteiger partial charge in [-0.15, -0.1) is 0 Å². The van der Waals surface area contributed by atoms with Crippen molar-refractivity contribution >= 4 is 23.5 Å². The Morgan fingerprint density at radius 2 is 2.00 bits per heavy atom. The van der Waals surface area contributed by atoms with Crippen molar-refractivity contribution in [1.82, 2.24) is 4.90 Å². The second-order valence-electron chi connectivity index (χ2n) is 5.51. The van der Waals surface area contributed by atoms with Crippen LogP contribution in [0, 0.1) is 5.92 Å². The molecule has 0 fully saturated rings. The van der Waals surface area contributed by atoms with E-state index in [2.05, 4.69) is 5.32 Å². The number of benzene rings is 1. The number of nitrogens with one attached hydrogen (secondary N) is 1. The van der Waals surface area contributed by atoms with Gasteiger partial charge in [-0.05, 0) is 24.5 Å². The number of carbonyl (C=O) groups is 3. The topological polar surface area (TPSA) is 86.7 Å². The van der Waals surface area contributed by atoms with E-state index in [4.69, 9.17) is 5.11 Å². The van der Waals surface area contributed by atoms with Crippen LogP contribution in [0.3, 0.4) is 0 Å². The number of carboxylic acids is 1. The van der Waals surface area contributed by atoms with E-state index in [9.17, 15) is 14.4 Å². The zero-order valence-electron chi connectivity index (χ0n) is 12.0. The number of hydrogen-bond acceptors (Lipinski definition) is 3. The average Bonchev–Trinajstić information content (AvgIpc) is 2.49. The van der Waals surface area contributed by atoms with Gasteiger partial charge in [-0.1, -0.05) is 26.0 Å². The molecule has 0 saturated carbocycles. The van der Waals surface area contributed by atoms with Crippen molar-refractivity contribution in [3.05, 3.63) is 29.8 Å². The molecule has 1 atom stereocenters. The van der Waals surface area contributed by atoms with E-state index >= 15 is 0 Å². The summed E-state index contributed by atoms with van der Waals surface area (Å²) < 4.78 is 0. The van der Waals surface area contributed by atoms with Crippen LogP contribution in [0.15, 0.2) is 24.3 Å². The van der Waals surface area contributed by atoms with Crippen LogP contribution < -0.4 is 5.32 Å². The molecule has 112 valence electrons. The lowest BCUT2D eigenvalue weighted by atomic mass is 10.0. The quantitative estimate of drug-likeness (QED) is 0.881.